The molecule has 0 aliphatic carbocycles. The summed E-state index contributed by atoms with van der Waals surface area (Å²) in [6, 6.07) is 5.92. The molecule has 132 valence electrons. The van der Waals surface area contributed by atoms with Gasteiger partial charge in [0.05, 0.1) is 0 Å². The monoisotopic (exact) mass is 346 g/mol. The minimum atomic E-state index is -0.376. The number of carbonyl (C=O) groups is 2. The van der Waals surface area contributed by atoms with Crippen molar-refractivity contribution in [3.63, 3.8) is 0 Å². The fourth-order valence-corrected chi connectivity index (χ4v) is 2.89. The van der Waals surface area contributed by atoms with Crippen LogP contribution in [0, 0.1) is 11.7 Å². The lowest BCUT2D eigenvalue weighted by Gasteiger charge is -2.30. The van der Waals surface area contributed by atoms with Gasteiger partial charge in [0.1, 0.15) is 5.82 Å². The first-order chi connectivity index (χ1) is 12.0. The van der Waals surface area contributed by atoms with Crippen LogP contribution in [-0.4, -0.2) is 39.9 Å². The van der Waals surface area contributed by atoms with Crippen molar-refractivity contribution in [1.29, 1.82) is 0 Å². The number of primary amides is 1. The summed E-state index contributed by atoms with van der Waals surface area (Å²) in [7, 11) is 0. The summed E-state index contributed by atoms with van der Waals surface area (Å²) in [4.78, 5) is 29.3. The summed E-state index contributed by atoms with van der Waals surface area (Å²) in [5.41, 5.74) is 5.81. The molecule has 1 fully saturated rings. The van der Waals surface area contributed by atoms with Gasteiger partial charge in [-0.2, -0.15) is 4.98 Å². The minimum absolute atomic E-state index is 0.0200. The highest BCUT2D eigenvalue weighted by molar-refractivity contribution is 5.78. The molecule has 2 heterocycles. The van der Waals surface area contributed by atoms with Crippen molar-refractivity contribution < 1.29 is 18.5 Å². The smallest absolute Gasteiger partial charge is 0.227 e. The topological polar surface area (TPSA) is 102 Å². The predicted molar refractivity (Wildman–Crippen MR) is 86.5 cm³/mol. The number of rotatable bonds is 5. The van der Waals surface area contributed by atoms with E-state index in [2.05, 4.69) is 10.1 Å². The molecule has 3 rings (SSSR count). The molecule has 1 aromatic heterocycles. The van der Waals surface area contributed by atoms with Gasteiger partial charge in [0.2, 0.25) is 23.5 Å². The second kappa shape index (κ2) is 7.42. The standard InChI is InChI=1S/C17H19FN4O3/c18-13-3-1-2-12(10-13)17-20-14(25-21-17)4-5-15(23)22-8-6-11(7-9-22)16(19)24/h1-3,10-11H,4-9H2,(H2,19,24). The van der Waals surface area contributed by atoms with Crippen molar-refractivity contribution in [2.45, 2.75) is 25.7 Å². The number of benzene rings is 1. The molecular formula is C17H19FN4O3. The van der Waals surface area contributed by atoms with Gasteiger partial charge in [-0.15, -0.1) is 0 Å². The van der Waals surface area contributed by atoms with Crippen molar-refractivity contribution in [1.82, 2.24) is 15.0 Å². The Morgan fingerprint density at radius 1 is 1.32 bits per heavy atom. The van der Waals surface area contributed by atoms with Crippen LogP contribution in [-0.2, 0) is 16.0 Å². The maximum Gasteiger partial charge on any atom is 0.227 e. The molecular weight excluding hydrogens is 327 g/mol. The highest BCUT2D eigenvalue weighted by atomic mass is 19.1. The zero-order valence-electron chi connectivity index (χ0n) is 13.7. The normalized spacial score (nSPS) is 15.3. The third kappa shape index (κ3) is 4.20. The first-order valence-corrected chi connectivity index (χ1v) is 8.18. The molecule has 1 aliphatic heterocycles. The lowest BCUT2D eigenvalue weighted by Crippen LogP contribution is -2.41. The summed E-state index contributed by atoms with van der Waals surface area (Å²) in [6.07, 6.45) is 1.76. The Morgan fingerprint density at radius 2 is 2.08 bits per heavy atom. The highest BCUT2D eigenvalue weighted by Crippen LogP contribution is 2.19. The van der Waals surface area contributed by atoms with Gasteiger partial charge in [-0.1, -0.05) is 17.3 Å². The zero-order chi connectivity index (χ0) is 17.8. The minimum Gasteiger partial charge on any atom is -0.369 e. The predicted octanol–water partition coefficient (Wildman–Crippen LogP) is 1.53. The number of amides is 2. The number of aryl methyl sites for hydroxylation is 1. The second-order valence-corrected chi connectivity index (χ2v) is 6.08. The molecule has 0 bridgehead atoms. The Morgan fingerprint density at radius 3 is 2.76 bits per heavy atom. The van der Waals surface area contributed by atoms with Crippen LogP contribution in [0.4, 0.5) is 4.39 Å². The van der Waals surface area contributed by atoms with Crippen molar-refractivity contribution in [3.8, 4) is 11.4 Å². The van der Waals surface area contributed by atoms with Gasteiger partial charge in [0.15, 0.2) is 0 Å². The Hall–Kier alpha value is -2.77. The van der Waals surface area contributed by atoms with Gasteiger partial charge in [0, 0.05) is 37.4 Å². The van der Waals surface area contributed by atoms with E-state index in [1.165, 1.54) is 12.1 Å². The number of carbonyl (C=O) groups excluding carboxylic acids is 2. The number of nitrogens with zero attached hydrogens (tertiary/aromatic N) is 3. The average molecular weight is 346 g/mol. The van der Waals surface area contributed by atoms with Crippen LogP contribution in [0.5, 0.6) is 0 Å². The quantitative estimate of drug-likeness (QED) is 0.884. The average Bonchev–Trinajstić information content (AvgIpc) is 3.09. The molecule has 0 radical (unpaired) electrons. The summed E-state index contributed by atoms with van der Waals surface area (Å²) < 4.78 is 18.4. The first-order valence-electron chi connectivity index (χ1n) is 8.18. The largest absolute Gasteiger partial charge is 0.369 e. The number of hydrogen-bond acceptors (Lipinski definition) is 5. The molecule has 2 aromatic rings. The van der Waals surface area contributed by atoms with Crippen LogP contribution in [0.25, 0.3) is 11.4 Å². The second-order valence-electron chi connectivity index (χ2n) is 6.08. The van der Waals surface area contributed by atoms with E-state index < -0.39 is 0 Å². The molecule has 7 nitrogen and oxygen atoms in total. The Balaban J connectivity index is 1.52. The first kappa shape index (κ1) is 17.1. The Bertz CT molecular complexity index is 769. The summed E-state index contributed by atoms with van der Waals surface area (Å²) in [5.74, 6) is -0.215. The molecule has 1 aliphatic rings. The van der Waals surface area contributed by atoms with E-state index in [1.54, 1.807) is 17.0 Å². The number of hydrogen-bond donors (Lipinski definition) is 1. The number of halogens is 1. The molecule has 0 unspecified atom stereocenters. The number of nitrogens with two attached hydrogens (primary N) is 1. The van der Waals surface area contributed by atoms with Crippen LogP contribution < -0.4 is 5.73 Å². The van der Waals surface area contributed by atoms with Crippen LogP contribution in [0.2, 0.25) is 0 Å². The third-order valence-corrected chi connectivity index (χ3v) is 4.35. The summed E-state index contributed by atoms with van der Waals surface area (Å²) in [6.45, 7) is 1.07. The molecule has 2 amide bonds. The lowest BCUT2D eigenvalue weighted by molar-refractivity contribution is -0.134. The fourth-order valence-electron chi connectivity index (χ4n) is 2.89. The maximum atomic E-state index is 13.2. The van der Waals surface area contributed by atoms with Gasteiger partial charge in [-0.05, 0) is 25.0 Å². The van der Waals surface area contributed by atoms with Crippen molar-refractivity contribution in [2.75, 3.05) is 13.1 Å². The summed E-state index contributed by atoms with van der Waals surface area (Å²) >= 11 is 0. The van der Waals surface area contributed by atoms with Gasteiger partial charge in [0.25, 0.3) is 0 Å². The van der Waals surface area contributed by atoms with Crippen LogP contribution in [0.1, 0.15) is 25.2 Å². The van der Waals surface area contributed by atoms with Crippen LogP contribution >= 0.6 is 0 Å². The maximum absolute atomic E-state index is 13.2. The zero-order valence-corrected chi connectivity index (χ0v) is 13.7. The molecule has 1 saturated heterocycles. The van der Waals surface area contributed by atoms with E-state index in [-0.39, 0.29) is 30.0 Å². The third-order valence-electron chi connectivity index (χ3n) is 4.35. The highest BCUT2D eigenvalue weighted by Gasteiger charge is 2.25. The van der Waals surface area contributed by atoms with Crippen LogP contribution in [0.15, 0.2) is 28.8 Å². The van der Waals surface area contributed by atoms with Crippen molar-refractivity contribution in [3.05, 3.63) is 36.0 Å². The number of aromatic nitrogens is 2. The molecule has 25 heavy (non-hydrogen) atoms. The van der Waals surface area contributed by atoms with Crippen LogP contribution in [0.3, 0.4) is 0 Å². The molecule has 2 N–H and O–H groups in total. The van der Waals surface area contributed by atoms with Gasteiger partial charge in [-0.25, -0.2) is 4.39 Å². The molecule has 8 heteroatoms. The molecule has 0 saturated carbocycles. The lowest BCUT2D eigenvalue weighted by atomic mass is 9.96. The Kier molecular flexibility index (Phi) is 5.06. The van der Waals surface area contributed by atoms with E-state index in [9.17, 15) is 14.0 Å². The van der Waals surface area contributed by atoms with Crippen molar-refractivity contribution in [2.24, 2.45) is 11.7 Å². The summed E-state index contributed by atoms with van der Waals surface area (Å²) in [5, 5.41) is 3.82. The Labute approximate surface area is 144 Å². The van der Waals surface area contributed by atoms with E-state index in [4.69, 9.17) is 10.3 Å². The van der Waals surface area contributed by atoms with Gasteiger partial charge < -0.3 is 15.2 Å². The molecule has 0 atom stereocenters. The SMILES string of the molecule is NC(=O)C1CCN(C(=O)CCc2nc(-c3cccc(F)c3)no2)CC1. The molecule has 0 spiro atoms. The van der Waals surface area contributed by atoms with E-state index in [0.717, 1.165) is 0 Å². The van der Waals surface area contributed by atoms with E-state index >= 15 is 0 Å². The van der Waals surface area contributed by atoms with E-state index in [0.29, 0.717) is 49.6 Å². The number of likely N-dealkylation sites (tertiary alicyclic amines) is 1. The van der Waals surface area contributed by atoms with Crippen molar-refractivity contribution >= 4 is 11.8 Å². The molecule has 1 aromatic carbocycles. The number of piperidine rings is 1. The van der Waals surface area contributed by atoms with E-state index in [1.807, 2.05) is 0 Å². The van der Waals surface area contributed by atoms with Gasteiger partial charge in [-0.3, -0.25) is 9.59 Å². The van der Waals surface area contributed by atoms with Gasteiger partial charge >= 0.3 is 0 Å². The fraction of sp³-hybridized carbons (Fsp3) is 0.412.